The van der Waals surface area contributed by atoms with Crippen LogP contribution in [0.4, 0.5) is 5.82 Å². The molecule has 2 aromatic heterocycles. The van der Waals surface area contributed by atoms with Crippen LogP contribution in [0.5, 0.6) is 0 Å². The van der Waals surface area contributed by atoms with Crippen LogP contribution in [0.25, 0.3) is 0 Å². The van der Waals surface area contributed by atoms with Crippen LogP contribution in [-0.2, 0) is 6.54 Å². The van der Waals surface area contributed by atoms with Crippen LogP contribution < -0.4 is 5.32 Å². The first-order chi connectivity index (χ1) is 6.86. The minimum absolute atomic E-state index is 0.633. The average Bonchev–Trinajstić information content (AvgIpc) is 2.69. The Morgan fingerprint density at radius 2 is 2.43 bits per heavy atom. The second-order valence-corrected chi connectivity index (χ2v) is 2.98. The number of aryl methyl sites for hydroxylation is 1. The second-order valence-electron chi connectivity index (χ2n) is 2.98. The standard InChI is InChI=1S/C9H11N5/c1-7-3-2-4-10-9(7)11-5-8-6-12-14-13-8/h2-4,6H,5H2,1H3,(H,10,11)(H,12,13,14). The molecule has 5 heteroatoms. The molecule has 2 N–H and O–H groups in total. The van der Waals surface area contributed by atoms with Crippen LogP contribution in [0.2, 0.25) is 0 Å². The van der Waals surface area contributed by atoms with E-state index in [0.717, 1.165) is 17.1 Å². The highest BCUT2D eigenvalue weighted by atomic mass is 15.3. The zero-order valence-corrected chi connectivity index (χ0v) is 7.86. The third-order valence-electron chi connectivity index (χ3n) is 1.91. The Bertz CT molecular complexity index is 395. The largest absolute Gasteiger partial charge is 0.364 e. The number of aromatic amines is 1. The van der Waals surface area contributed by atoms with Crippen LogP contribution in [0, 0.1) is 6.92 Å². The van der Waals surface area contributed by atoms with E-state index in [0.29, 0.717) is 6.54 Å². The molecule has 72 valence electrons. The summed E-state index contributed by atoms with van der Waals surface area (Å²) in [6, 6.07) is 3.93. The van der Waals surface area contributed by atoms with Crippen LogP contribution >= 0.6 is 0 Å². The van der Waals surface area contributed by atoms with Crippen molar-refractivity contribution in [2.75, 3.05) is 5.32 Å². The highest BCUT2D eigenvalue weighted by Crippen LogP contribution is 2.09. The summed E-state index contributed by atoms with van der Waals surface area (Å²) in [5.74, 6) is 0.885. The normalized spacial score (nSPS) is 10.1. The first-order valence-electron chi connectivity index (χ1n) is 4.36. The predicted molar refractivity (Wildman–Crippen MR) is 52.7 cm³/mol. The molecule has 0 saturated heterocycles. The predicted octanol–water partition coefficient (Wildman–Crippen LogP) is 1.12. The Morgan fingerprint density at radius 3 is 3.14 bits per heavy atom. The average molecular weight is 189 g/mol. The maximum absolute atomic E-state index is 4.21. The van der Waals surface area contributed by atoms with Crippen molar-refractivity contribution in [1.29, 1.82) is 0 Å². The van der Waals surface area contributed by atoms with Crippen molar-refractivity contribution in [2.45, 2.75) is 13.5 Å². The molecule has 0 aromatic carbocycles. The fraction of sp³-hybridized carbons (Fsp3) is 0.222. The monoisotopic (exact) mass is 189 g/mol. The van der Waals surface area contributed by atoms with E-state index in [4.69, 9.17) is 0 Å². The minimum atomic E-state index is 0.633. The lowest BCUT2D eigenvalue weighted by Gasteiger charge is -2.05. The molecule has 0 aliphatic heterocycles. The van der Waals surface area contributed by atoms with E-state index in [-0.39, 0.29) is 0 Å². The highest BCUT2D eigenvalue weighted by molar-refractivity contribution is 5.42. The molecule has 0 aliphatic rings. The van der Waals surface area contributed by atoms with Crippen LogP contribution in [0.1, 0.15) is 11.3 Å². The molecule has 0 aliphatic carbocycles. The van der Waals surface area contributed by atoms with Crippen molar-refractivity contribution in [3.8, 4) is 0 Å². The zero-order valence-electron chi connectivity index (χ0n) is 7.86. The maximum atomic E-state index is 4.21. The summed E-state index contributed by atoms with van der Waals surface area (Å²) in [7, 11) is 0. The van der Waals surface area contributed by atoms with E-state index >= 15 is 0 Å². The van der Waals surface area contributed by atoms with Gasteiger partial charge in [0.25, 0.3) is 0 Å². The molecule has 14 heavy (non-hydrogen) atoms. The van der Waals surface area contributed by atoms with Gasteiger partial charge in [-0.05, 0) is 18.6 Å². The Morgan fingerprint density at radius 1 is 1.50 bits per heavy atom. The Balaban J connectivity index is 2.02. The van der Waals surface area contributed by atoms with Gasteiger partial charge in [-0.15, -0.1) is 0 Å². The molecule has 0 fully saturated rings. The van der Waals surface area contributed by atoms with Gasteiger partial charge in [0.05, 0.1) is 12.7 Å². The van der Waals surface area contributed by atoms with Gasteiger partial charge < -0.3 is 5.32 Å². The summed E-state index contributed by atoms with van der Waals surface area (Å²) in [4.78, 5) is 4.21. The number of rotatable bonds is 3. The van der Waals surface area contributed by atoms with Crippen molar-refractivity contribution in [1.82, 2.24) is 20.4 Å². The third-order valence-corrected chi connectivity index (χ3v) is 1.91. The number of aromatic nitrogens is 4. The van der Waals surface area contributed by atoms with Gasteiger partial charge in [-0.3, -0.25) is 0 Å². The Hall–Kier alpha value is -1.91. The molecule has 2 heterocycles. The highest BCUT2D eigenvalue weighted by Gasteiger charge is 1.99. The SMILES string of the molecule is Cc1cccnc1NCc1cn[nH]n1. The van der Waals surface area contributed by atoms with Gasteiger partial charge in [0, 0.05) is 6.20 Å². The molecule has 5 nitrogen and oxygen atoms in total. The van der Waals surface area contributed by atoms with E-state index in [9.17, 15) is 0 Å². The molecular weight excluding hydrogens is 178 g/mol. The molecule has 0 bridgehead atoms. The van der Waals surface area contributed by atoms with E-state index in [1.807, 2.05) is 19.1 Å². The second kappa shape index (κ2) is 3.87. The topological polar surface area (TPSA) is 66.5 Å². The molecule has 0 amide bonds. The lowest BCUT2D eigenvalue weighted by molar-refractivity contribution is 0.908. The van der Waals surface area contributed by atoms with Gasteiger partial charge in [0.2, 0.25) is 0 Å². The molecule has 0 saturated carbocycles. The van der Waals surface area contributed by atoms with Crippen molar-refractivity contribution in [2.24, 2.45) is 0 Å². The number of hydrogen-bond acceptors (Lipinski definition) is 4. The number of pyridine rings is 1. The van der Waals surface area contributed by atoms with Crippen LogP contribution in [0.3, 0.4) is 0 Å². The number of nitrogens with zero attached hydrogens (tertiary/aromatic N) is 3. The number of H-pyrrole nitrogens is 1. The summed E-state index contributed by atoms with van der Waals surface area (Å²) in [6.45, 7) is 2.65. The van der Waals surface area contributed by atoms with E-state index in [2.05, 4.69) is 25.7 Å². The summed E-state index contributed by atoms with van der Waals surface area (Å²) in [5.41, 5.74) is 1.99. The summed E-state index contributed by atoms with van der Waals surface area (Å²) in [5, 5.41) is 13.4. The molecule has 0 spiro atoms. The van der Waals surface area contributed by atoms with Gasteiger partial charge >= 0.3 is 0 Å². The van der Waals surface area contributed by atoms with Gasteiger partial charge in [-0.1, -0.05) is 6.07 Å². The van der Waals surface area contributed by atoms with Gasteiger partial charge in [-0.2, -0.15) is 15.4 Å². The van der Waals surface area contributed by atoms with Crippen molar-refractivity contribution < 1.29 is 0 Å². The Kier molecular flexibility index (Phi) is 2.40. The number of hydrogen-bond donors (Lipinski definition) is 2. The number of nitrogens with one attached hydrogen (secondary N) is 2. The molecule has 0 atom stereocenters. The first kappa shape index (κ1) is 8.68. The smallest absolute Gasteiger partial charge is 0.129 e. The van der Waals surface area contributed by atoms with E-state index < -0.39 is 0 Å². The lowest BCUT2D eigenvalue weighted by atomic mass is 10.3. The first-order valence-corrected chi connectivity index (χ1v) is 4.36. The van der Waals surface area contributed by atoms with Crippen molar-refractivity contribution in [3.63, 3.8) is 0 Å². The fourth-order valence-electron chi connectivity index (χ4n) is 1.16. The van der Waals surface area contributed by atoms with Crippen molar-refractivity contribution in [3.05, 3.63) is 35.8 Å². The van der Waals surface area contributed by atoms with E-state index in [1.54, 1.807) is 12.4 Å². The lowest BCUT2D eigenvalue weighted by Crippen LogP contribution is -2.03. The third kappa shape index (κ3) is 1.87. The number of anilines is 1. The molecule has 2 aromatic rings. The summed E-state index contributed by atoms with van der Waals surface area (Å²) < 4.78 is 0. The maximum Gasteiger partial charge on any atom is 0.129 e. The van der Waals surface area contributed by atoms with Crippen molar-refractivity contribution >= 4 is 5.82 Å². The Labute approximate surface area is 81.6 Å². The minimum Gasteiger partial charge on any atom is -0.364 e. The van der Waals surface area contributed by atoms with Gasteiger partial charge in [-0.25, -0.2) is 4.98 Å². The zero-order chi connectivity index (χ0) is 9.80. The van der Waals surface area contributed by atoms with Gasteiger partial charge in [0.15, 0.2) is 0 Å². The molecule has 0 radical (unpaired) electrons. The summed E-state index contributed by atoms with van der Waals surface area (Å²) >= 11 is 0. The fourth-order valence-corrected chi connectivity index (χ4v) is 1.16. The van der Waals surface area contributed by atoms with Crippen LogP contribution in [0.15, 0.2) is 24.5 Å². The summed E-state index contributed by atoms with van der Waals surface area (Å²) in [6.07, 6.45) is 3.45. The molecule has 0 unspecified atom stereocenters. The van der Waals surface area contributed by atoms with E-state index in [1.165, 1.54) is 0 Å². The molecular formula is C9H11N5. The van der Waals surface area contributed by atoms with Gasteiger partial charge in [0.1, 0.15) is 11.5 Å². The molecule has 2 rings (SSSR count). The quantitative estimate of drug-likeness (QED) is 0.759. The van der Waals surface area contributed by atoms with Crippen LogP contribution in [-0.4, -0.2) is 20.4 Å².